The molecule has 1 rings (SSSR count). The third-order valence-electron chi connectivity index (χ3n) is 3.49. The third kappa shape index (κ3) is 3.13. The number of amides is 1. The van der Waals surface area contributed by atoms with Gasteiger partial charge in [-0.3, -0.25) is 4.79 Å². The molecule has 7 heteroatoms. The molecule has 0 aliphatic heterocycles. The van der Waals surface area contributed by atoms with Crippen molar-refractivity contribution in [3.05, 3.63) is 0 Å². The van der Waals surface area contributed by atoms with Crippen LogP contribution >= 0.6 is 0 Å². The lowest BCUT2D eigenvalue weighted by Gasteiger charge is -2.39. The van der Waals surface area contributed by atoms with Crippen molar-refractivity contribution in [2.24, 2.45) is 5.92 Å². The van der Waals surface area contributed by atoms with E-state index in [4.69, 9.17) is 0 Å². The van der Waals surface area contributed by atoms with Gasteiger partial charge in [-0.25, -0.2) is 8.78 Å². The fourth-order valence-corrected chi connectivity index (χ4v) is 2.06. The number of hydrogen-bond donors (Lipinski definition) is 2. The van der Waals surface area contributed by atoms with Gasteiger partial charge in [0.15, 0.2) is 0 Å². The van der Waals surface area contributed by atoms with Crippen LogP contribution in [0.25, 0.3) is 0 Å². The number of hydrogen-bond acceptors (Lipinski definition) is 2. The summed E-state index contributed by atoms with van der Waals surface area (Å²) in [7, 11) is 0. The van der Waals surface area contributed by atoms with Gasteiger partial charge in [0.25, 0.3) is 5.91 Å². The van der Waals surface area contributed by atoms with Crippen molar-refractivity contribution in [1.29, 1.82) is 0 Å². The van der Waals surface area contributed by atoms with Gasteiger partial charge in [0.2, 0.25) is 0 Å². The quantitative estimate of drug-likeness (QED) is 0.768. The highest BCUT2D eigenvalue weighted by atomic mass is 19.3. The van der Waals surface area contributed by atoms with Crippen LogP contribution in [0.4, 0.5) is 17.6 Å². The maximum Gasteiger partial charge on any atom is 0.383 e. The summed E-state index contributed by atoms with van der Waals surface area (Å²) in [6.07, 6.45) is -2.11. The molecule has 0 aromatic rings. The molecular formula is C11H17F4NO2. The second-order valence-electron chi connectivity index (χ2n) is 5.00. The Morgan fingerprint density at radius 2 is 1.94 bits per heavy atom. The summed E-state index contributed by atoms with van der Waals surface area (Å²) in [6.45, 7) is 1.45. The monoisotopic (exact) mass is 271 g/mol. The van der Waals surface area contributed by atoms with E-state index in [-0.39, 0.29) is 0 Å². The Morgan fingerprint density at radius 3 is 2.33 bits per heavy atom. The maximum atomic E-state index is 12.8. The van der Waals surface area contributed by atoms with Gasteiger partial charge in [0.05, 0.1) is 12.1 Å². The summed E-state index contributed by atoms with van der Waals surface area (Å²) in [4.78, 5) is 11.2. The fraction of sp³-hybridized carbons (Fsp3) is 0.909. The topological polar surface area (TPSA) is 49.3 Å². The number of rotatable bonds is 4. The van der Waals surface area contributed by atoms with Gasteiger partial charge in [-0.1, -0.05) is 6.92 Å². The normalized spacial score (nSPS) is 29.4. The van der Waals surface area contributed by atoms with E-state index in [1.165, 1.54) is 0 Å². The first kappa shape index (κ1) is 15.2. The van der Waals surface area contributed by atoms with Crippen LogP contribution < -0.4 is 5.32 Å². The van der Waals surface area contributed by atoms with Crippen LogP contribution in [0.1, 0.15) is 32.6 Å². The Balaban J connectivity index is 2.72. The molecule has 0 unspecified atom stereocenters. The molecule has 106 valence electrons. The summed E-state index contributed by atoms with van der Waals surface area (Å²) < 4.78 is 49.7. The van der Waals surface area contributed by atoms with Gasteiger partial charge in [0, 0.05) is 0 Å². The Bertz CT molecular complexity index is 301. The zero-order valence-corrected chi connectivity index (χ0v) is 10.1. The van der Waals surface area contributed by atoms with E-state index < -0.39 is 30.4 Å². The lowest BCUT2D eigenvalue weighted by Crippen LogP contribution is -2.58. The molecule has 0 saturated heterocycles. The number of alkyl halides is 4. The Morgan fingerprint density at radius 1 is 1.44 bits per heavy atom. The van der Waals surface area contributed by atoms with Crippen LogP contribution in [0.2, 0.25) is 0 Å². The minimum atomic E-state index is -4.72. The minimum absolute atomic E-state index is 0.315. The second-order valence-corrected chi connectivity index (χ2v) is 5.00. The Labute approximate surface area is 103 Å². The van der Waals surface area contributed by atoms with Crippen LogP contribution in [0.5, 0.6) is 0 Å². The molecule has 1 fully saturated rings. The molecule has 1 aliphatic rings. The molecule has 0 atom stereocenters. The minimum Gasteiger partial charge on any atom is -0.394 e. The molecule has 0 radical (unpaired) electrons. The highest BCUT2D eigenvalue weighted by molar-refractivity contribution is 5.84. The summed E-state index contributed by atoms with van der Waals surface area (Å²) in [5.41, 5.74) is -1.19. The van der Waals surface area contributed by atoms with Crippen LogP contribution in [0, 0.1) is 5.92 Å². The summed E-state index contributed by atoms with van der Waals surface area (Å²) in [6, 6.07) is 0. The molecule has 0 aromatic heterocycles. The molecule has 0 heterocycles. The predicted molar refractivity (Wildman–Crippen MR) is 56.5 cm³/mol. The largest absolute Gasteiger partial charge is 0.394 e. The molecule has 2 N–H and O–H groups in total. The molecule has 0 spiro atoms. The van der Waals surface area contributed by atoms with Crippen molar-refractivity contribution in [1.82, 2.24) is 5.32 Å². The smallest absolute Gasteiger partial charge is 0.383 e. The molecule has 1 amide bonds. The first-order valence-electron chi connectivity index (χ1n) is 5.83. The van der Waals surface area contributed by atoms with E-state index in [1.807, 2.05) is 12.2 Å². The molecule has 1 aliphatic carbocycles. The average molecular weight is 271 g/mol. The number of carbonyl (C=O) groups is 1. The number of aliphatic hydroxyl groups is 1. The van der Waals surface area contributed by atoms with Crippen LogP contribution in [0.3, 0.4) is 0 Å². The van der Waals surface area contributed by atoms with Gasteiger partial charge in [-0.2, -0.15) is 8.78 Å². The van der Waals surface area contributed by atoms with Gasteiger partial charge in [-0.15, -0.1) is 0 Å². The predicted octanol–water partition coefficient (Wildman–Crippen LogP) is 1.94. The van der Waals surface area contributed by atoms with Crippen molar-refractivity contribution in [2.45, 2.75) is 50.5 Å². The Kier molecular flexibility index (Phi) is 4.58. The highest BCUT2D eigenvalue weighted by Crippen LogP contribution is 2.33. The van der Waals surface area contributed by atoms with Crippen LogP contribution in [0.15, 0.2) is 0 Å². The van der Waals surface area contributed by atoms with E-state index in [9.17, 15) is 27.5 Å². The van der Waals surface area contributed by atoms with Crippen molar-refractivity contribution in [2.75, 3.05) is 6.61 Å². The van der Waals surface area contributed by atoms with Crippen molar-refractivity contribution >= 4 is 5.91 Å². The van der Waals surface area contributed by atoms with Crippen LogP contribution in [-0.4, -0.2) is 35.5 Å². The first-order valence-corrected chi connectivity index (χ1v) is 5.83. The van der Waals surface area contributed by atoms with Crippen molar-refractivity contribution in [3.63, 3.8) is 0 Å². The lowest BCUT2D eigenvalue weighted by molar-refractivity contribution is -0.172. The van der Waals surface area contributed by atoms with Crippen molar-refractivity contribution < 1.29 is 27.5 Å². The lowest BCUT2D eigenvalue weighted by atomic mass is 9.77. The van der Waals surface area contributed by atoms with Gasteiger partial charge in [-0.05, 0) is 31.6 Å². The average Bonchev–Trinajstić information content (AvgIpc) is 2.32. The van der Waals surface area contributed by atoms with E-state index in [2.05, 4.69) is 0 Å². The SMILES string of the molecule is CC1CCC(CO)(NC(=O)C(F)(F)C(F)F)CC1. The zero-order chi connectivity index (χ0) is 14.0. The number of halogens is 4. The van der Waals surface area contributed by atoms with E-state index in [0.717, 1.165) is 0 Å². The zero-order valence-electron chi connectivity index (χ0n) is 10.1. The third-order valence-corrected chi connectivity index (χ3v) is 3.49. The maximum absolute atomic E-state index is 12.8. The standard InChI is InChI=1S/C11H17F4NO2/c1-7-2-4-10(6-17,5-3-7)16-9(18)11(14,15)8(12)13/h7-8,17H,2-6H2,1H3,(H,16,18). The Hall–Kier alpha value is -0.850. The summed E-state index contributed by atoms with van der Waals surface area (Å²) in [5, 5.41) is 11.1. The highest BCUT2D eigenvalue weighted by Gasteiger charge is 2.51. The van der Waals surface area contributed by atoms with E-state index in [1.54, 1.807) is 0 Å². The van der Waals surface area contributed by atoms with Crippen molar-refractivity contribution in [3.8, 4) is 0 Å². The number of nitrogens with one attached hydrogen (secondary N) is 1. The first-order chi connectivity index (χ1) is 8.23. The molecule has 0 aromatic carbocycles. The number of carbonyl (C=O) groups excluding carboxylic acids is 1. The number of aliphatic hydroxyl groups excluding tert-OH is 1. The van der Waals surface area contributed by atoms with E-state index >= 15 is 0 Å². The molecule has 1 saturated carbocycles. The van der Waals surface area contributed by atoms with E-state index in [0.29, 0.717) is 31.6 Å². The van der Waals surface area contributed by atoms with Gasteiger partial charge in [0.1, 0.15) is 0 Å². The summed E-state index contributed by atoms with van der Waals surface area (Å²) >= 11 is 0. The van der Waals surface area contributed by atoms with Crippen LogP contribution in [-0.2, 0) is 4.79 Å². The second kappa shape index (κ2) is 5.42. The van der Waals surface area contributed by atoms with Gasteiger partial charge < -0.3 is 10.4 Å². The fourth-order valence-electron chi connectivity index (χ4n) is 2.06. The molecule has 18 heavy (non-hydrogen) atoms. The molecular weight excluding hydrogens is 254 g/mol. The summed E-state index contributed by atoms with van der Waals surface area (Å²) in [5.74, 6) is -6.36. The molecule has 0 bridgehead atoms. The molecule has 3 nitrogen and oxygen atoms in total. The van der Waals surface area contributed by atoms with Gasteiger partial charge >= 0.3 is 12.3 Å².